The van der Waals surface area contributed by atoms with E-state index in [1.165, 1.54) is 0 Å². The van der Waals surface area contributed by atoms with E-state index in [1.807, 2.05) is 12.1 Å². The van der Waals surface area contributed by atoms with Gasteiger partial charge in [-0.15, -0.1) is 0 Å². The third-order valence-electron chi connectivity index (χ3n) is 2.70. The number of nitro benzene ring substituents is 1. The lowest BCUT2D eigenvalue weighted by Gasteiger charge is -2.14. The predicted molar refractivity (Wildman–Crippen MR) is 65.9 cm³/mol. The number of nitrogens with one attached hydrogen (secondary N) is 1. The molecule has 1 rings (SSSR count). The molecule has 0 heterocycles. The lowest BCUT2D eigenvalue weighted by Crippen LogP contribution is -2.13. The quantitative estimate of drug-likeness (QED) is 0.627. The van der Waals surface area contributed by atoms with Crippen LogP contribution in [0.1, 0.15) is 31.4 Å². The van der Waals surface area contributed by atoms with E-state index in [2.05, 4.69) is 19.2 Å². The molecule has 0 aromatic heterocycles. The van der Waals surface area contributed by atoms with Gasteiger partial charge in [-0.25, -0.2) is 0 Å². The molecule has 4 heteroatoms. The molecule has 0 bridgehead atoms. The molecule has 0 saturated heterocycles. The largest absolute Gasteiger partial charge is 0.383 e. The molecule has 4 nitrogen and oxygen atoms in total. The molecule has 0 fully saturated rings. The van der Waals surface area contributed by atoms with Gasteiger partial charge in [0.25, 0.3) is 5.69 Å². The Morgan fingerprint density at radius 1 is 1.38 bits per heavy atom. The number of nitro groups is 1. The monoisotopic (exact) mass is 222 g/mol. The maximum absolute atomic E-state index is 10.8. The lowest BCUT2D eigenvalue weighted by molar-refractivity contribution is -0.386. The first-order chi connectivity index (χ1) is 7.45. The van der Waals surface area contributed by atoms with Crippen LogP contribution in [-0.2, 0) is 0 Å². The SMILES string of the molecule is CCC(C)Nc1cc(C)c([N+](=O)[O-])c(C)c1. The van der Waals surface area contributed by atoms with Crippen molar-refractivity contribution in [2.24, 2.45) is 0 Å². The van der Waals surface area contributed by atoms with E-state index in [0.29, 0.717) is 17.2 Å². The molecule has 1 atom stereocenters. The van der Waals surface area contributed by atoms with Gasteiger partial charge >= 0.3 is 0 Å². The average molecular weight is 222 g/mol. The molecular formula is C12H18N2O2. The van der Waals surface area contributed by atoms with Crippen LogP contribution in [0.4, 0.5) is 11.4 Å². The van der Waals surface area contributed by atoms with E-state index < -0.39 is 0 Å². The highest BCUT2D eigenvalue weighted by Crippen LogP contribution is 2.27. The van der Waals surface area contributed by atoms with Crippen molar-refractivity contribution in [3.63, 3.8) is 0 Å². The summed E-state index contributed by atoms with van der Waals surface area (Å²) in [4.78, 5) is 10.5. The summed E-state index contributed by atoms with van der Waals surface area (Å²) >= 11 is 0. The van der Waals surface area contributed by atoms with Crippen molar-refractivity contribution in [1.29, 1.82) is 0 Å². The Hall–Kier alpha value is -1.58. The first-order valence-electron chi connectivity index (χ1n) is 5.47. The fraction of sp³-hybridized carbons (Fsp3) is 0.500. The minimum absolute atomic E-state index is 0.217. The molecule has 0 amide bonds. The Morgan fingerprint density at radius 3 is 2.25 bits per heavy atom. The Bertz CT molecular complexity index is 379. The first-order valence-corrected chi connectivity index (χ1v) is 5.47. The number of hydrogen-bond donors (Lipinski definition) is 1. The zero-order valence-corrected chi connectivity index (χ0v) is 10.2. The second-order valence-corrected chi connectivity index (χ2v) is 4.17. The molecule has 0 saturated carbocycles. The topological polar surface area (TPSA) is 55.2 Å². The van der Waals surface area contributed by atoms with Crippen LogP contribution in [0.25, 0.3) is 0 Å². The molecule has 0 aliphatic rings. The summed E-state index contributed by atoms with van der Waals surface area (Å²) in [6, 6.07) is 4.04. The third-order valence-corrected chi connectivity index (χ3v) is 2.70. The second-order valence-electron chi connectivity index (χ2n) is 4.17. The fourth-order valence-corrected chi connectivity index (χ4v) is 1.71. The zero-order chi connectivity index (χ0) is 12.3. The molecular weight excluding hydrogens is 204 g/mol. The van der Waals surface area contributed by atoms with Crippen LogP contribution in [-0.4, -0.2) is 11.0 Å². The summed E-state index contributed by atoms with van der Waals surface area (Å²) in [6.07, 6.45) is 1.02. The van der Waals surface area contributed by atoms with Crippen molar-refractivity contribution in [1.82, 2.24) is 0 Å². The van der Waals surface area contributed by atoms with E-state index in [1.54, 1.807) is 13.8 Å². The third kappa shape index (κ3) is 2.72. The van der Waals surface area contributed by atoms with E-state index >= 15 is 0 Å². The Morgan fingerprint density at radius 2 is 1.88 bits per heavy atom. The molecule has 0 aliphatic carbocycles. The number of benzene rings is 1. The molecule has 88 valence electrons. The number of rotatable bonds is 4. The molecule has 0 radical (unpaired) electrons. The highest BCUT2D eigenvalue weighted by molar-refractivity contribution is 5.58. The van der Waals surface area contributed by atoms with Gasteiger partial charge in [0.1, 0.15) is 0 Å². The van der Waals surface area contributed by atoms with Gasteiger partial charge in [0.2, 0.25) is 0 Å². The number of anilines is 1. The van der Waals surface area contributed by atoms with E-state index in [-0.39, 0.29) is 10.6 Å². The standard InChI is InChI=1S/C12H18N2O2/c1-5-10(4)13-11-6-8(2)12(14(15)16)9(3)7-11/h6-7,10,13H,5H2,1-4H3. The molecule has 1 aromatic carbocycles. The van der Waals surface area contributed by atoms with Gasteiger partial charge < -0.3 is 5.32 Å². The number of hydrogen-bond acceptors (Lipinski definition) is 3. The molecule has 16 heavy (non-hydrogen) atoms. The van der Waals surface area contributed by atoms with E-state index in [4.69, 9.17) is 0 Å². The van der Waals surface area contributed by atoms with Crippen LogP contribution in [0.5, 0.6) is 0 Å². The predicted octanol–water partition coefficient (Wildman–Crippen LogP) is 3.42. The van der Waals surface area contributed by atoms with Gasteiger partial charge in [-0.1, -0.05) is 6.92 Å². The first kappa shape index (κ1) is 12.5. The fourth-order valence-electron chi connectivity index (χ4n) is 1.71. The van der Waals surface area contributed by atoms with Crippen LogP contribution in [0, 0.1) is 24.0 Å². The minimum atomic E-state index is -0.322. The molecule has 0 spiro atoms. The zero-order valence-electron chi connectivity index (χ0n) is 10.2. The van der Waals surface area contributed by atoms with Gasteiger partial charge in [0.05, 0.1) is 4.92 Å². The van der Waals surface area contributed by atoms with Crippen molar-refractivity contribution in [3.05, 3.63) is 33.4 Å². The van der Waals surface area contributed by atoms with Gasteiger partial charge in [0, 0.05) is 22.9 Å². The van der Waals surface area contributed by atoms with E-state index in [0.717, 1.165) is 12.1 Å². The summed E-state index contributed by atoms with van der Waals surface area (Å²) < 4.78 is 0. The Balaban J connectivity index is 3.05. The van der Waals surface area contributed by atoms with Crippen LogP contribution in [0.15, 0.2) is 12.1 Å². The van der Waals surface area contributed by atoms with Crippen LogP contribution in [0.3, 0.4) is 0 Å². The molecule has 1 N–H and O–H groups in total. The van der Waals surface area contributed by atoms with Gasteiger partial charge in [-0.3, -0.25) is 10.1 Å². The van der Waals surface area contributed by atoms with Crippen LogP contribution < -0.4 is 5.32 Å². The van der Waals surface area contributed by atoms with Gasteiger partial charge in [0.15, 0.2) is 0 Å². The molecule has 1 unspecified atom stereocenters. The Kier molecular flexibility index (Phi) is 3.88. The highest BCUT2D eigenvalue weighted by atomic mass is 16.6. The average Bonchev–Trinajstić information content (AvgIpc) is 2.15. The lowest BCUT2D eigenvalue weighted by atomic mass is 10.1. The number of nitrogens with zero attached hydrogens (tertiary/aromatic N) is 1. The minimum Gasteiger partial charge on any atom is -0.383 e. The molecule has 1 aromatic rings. The normalized spacial score (nSPS) is 12.2. The summed E-state index contributed by atoms with van der Waals surface area (Å²) in [7, 11) is 0. The van der Waals surface area contributed by atoms with Crippen LogP contribution >= 0.6 is 0 Å². The van der Waals surface area contributed by atoms with Crippen LogP contribution in [0.2, 0.25) is 0 Å². The van der Waals surface area contributed by atoms with Crippen molar-refractivity contribution in [2.45, 2.75) is 40.2 Å². The summed E-state index contributed by atoms with van der Waals surface area (Å²) in [6.45, 7) is 7.73. The van der Waals surface area contributed by atoms with E-state index in [9.17, 15) is 10.1 Å². The Labute approximate surface area is 95.8 Å². The van der Waals surface area contributed by atoms with Crippen molar-refractivity contribution >= 4 is 11.4 Å². The summed E-state index contributed by atoms with van der Waals surface area (Å²) in [5, 5.41) is 14.1. The van der Waals surface area contributed by atoms with Crippen molar-refractivity contribution in [2.75, 3.05) is 5.32 Å². The second kappa shape index (κ2) is 4.96. The van der Waals surface area contributed by atoms with Crippen molar-refractivity contribution in [3.8, 4) is 0 Å². The number of aryl methyl sites for hydroxylation is 2. The summed E-state index contributed by atoms with van der Waals surface area (Å²) in [5.74, 6) is 0. The van der Waals surface area contributed by atoms with Gasteiger partial charge in [-0.2, -0.15) is 0 Å². The maximum atomic E-state index is 10.8. The maximum Gasteiger partial charge on any atom is 0.275 e. The highest BCUT2D eigenvalue weighted by Gasteiger charge is 2.15. The van der Waals surface area contributed by atoms with Crippen molar-refractivity contribution < 1.29 is 4.92 Å². The smallest absolute Gasteiger partial charge is 0.275 e. The summed E-state index contributed by atoms with van der Waals surface area (Å²) in [5.41, 5.74) is 2.58. The van der Waals surface area contributed by atoms with Gasteiger partial charge in [-0.05, 0) is 39.3 Å². The molecule has 0 aliphatic heterocycles.